The number of anilines is 1. The summed E-state index contributed by atoms with van der Waals surface area (Å²) in [4.78, 5) is 37.1. The van der Waals surface area contributed by atoms with Gasteiger partial charge in [-0.05, 0) is 67.3 Å². The van der Waals surface area contributed by atoms with Crippen LogP contribution in [0.5, 0.6) is 5.75 Å². The predicted octanol–water partition coefficient (Wildman–Crippen LogP) is 6.11. The molecule has 1 fully saturated rings. The molecule has 2 aromatic carbocycles. The highest BCUT2D eigenvalue weighted by Gasteiger charge is 2.48. The highest BCUT2D eigenvalue weighted by atomic mass is 32.1. The number of ether oxygens (including phenoxy) is 1. The third kappa shape index (κ3) is 4.60. The number of rotatable bonds is 7. The van der Waals surface area contributed by atoms with Gasteiger partial charge in [-0.1, -0.05) is 42.9 Å². The second-order valence-corrected chi connectivity index (χ2v) is 10.1. The molecule has 1 amide bonds. The van der Waals surface area contributed by atoms with Crippen LogP contribution in [0, 0.1) is 13.8 Å². The van der Waals surface area contributed by atoms with Crippen molar-refractivity contribution >= 4 is 44.1 Å². The van der Waals surface area contributed by atoms with Crippen molar-refractivity contribution in [2.45, 2.75) is 39.7 Å². The predicted molar refractivity (Wildman–Crippen MR) is 145 cm³/mol. The van der Waals surface area contributed by atoms with Gasteiger partial charge in [-0.25, -0.2) is 4.98 Å². The van der Waals surface area contributed by atoms with Crippen LogP contribution in [0.25, 0.3) is 16.0 Å². The summed E-state index contributed by atoms with van der Waals surface area (Å²) < 4.78 is 6.84. The average molecular weight is 514 g/mol. The van der Waals surface area contributed by atoms with E-state index < -0.39 is 17.7 Å². The van der Waals surface area contributed by atoms with E-state index in [1.807, 2.05) is 50.2 Å². The third-order valence-electron chi connectivity index (χ3n) is 6.36. The van der Waals surface area contributed by atoms with Crippen molar-refractivity contribution < 1.29 is 19.4 Å². The molecular weight excluding hydrogens is 486 g/mol. The van der Waals surface area contributed by atoms with Gasteiger partial charge in [0, 0.05) is 18.0 Å². The van der Waals surface area contributed by atoms with Gasteiger partial charge < -0.3 is 9.84 Å². The summed E-state index contributed by atoms with van der Waals surface area (Å²) in [5.74, 6) is -1.11. The summed E-state index contributed by atoms with van der Waals surface area (Å²) in [6, 6.07) is 13.7. The molecule has 3 heterocycles. The average Bonchev–Trinajstić information content (AvgIpc) is 3.43. The molecule has 1 saturated heterocycles. The van der Waals surface area contributed by atoms with E-state index in [0.717, 1.165) is 34.2 Å². The number of aryl methyl sites for hydroxylation is 2. The number of Topliss-reactive ketones (excluding diaryl/α,β-unsaturated/α-hetero) is 1. The number of unbranched alkanes of at least 4 members (excludes halogenated alkanes) is 1. The number of fused-ring (bicyclic) bond motifs is 1. The zero-order valence-electron chi connectivity index (χ0n) is 20.9. The smallest absolute Gasteiger partial charge is 0.301 e. The van der Waals surface area contributed by atoms with Crippen LogP contribution in [0.3, 0.4) is 0 Å². The molecule has 8 heteroatoms. The van der Waals surface area contributed by atoms with Crippen LogP contribution in [0.15, 0.2) is 66.5 Å². The van der Waals surface area contributed by atoms with E-state index in [2.05, 4.69) is 11.9 Å². The number of amides is 1. The first-order valence-corrected chi connectivity index (χ1v) is 13.0. The molecule has 7 nitrogen and oxygen atoms in total. The SMILES string of the molecule is CCCCOc1cccc(C2/C(=C(\O)c3ccncc3)C(=O)C(=O)N2c2nc3c(C)cc(C)cc3s2)c1. The monoisotopic (exact) mass is 513 g/mol. The van der Waals surface area contributed by atoms with Crippen LogP contribution >= 0.6 is 11.3 Å². The zero-order valence-corrected chi connectivity index (χ0v) is 21.7. The lowest BCUT2D eigenvalue weighted by Crippen LogP contribution is -2.29. The molecule has 5 rings (SSSR count). The van der Waals surface area contributed by atoms with Gasteiger partial charge in [0.1, 0.15) is 11.5 Å². The Balaban J connectivity index is 1.69. The molecule has 1 aliphatic rings. The van der Waals surface area contributed by atoms with Crippen LogP contribution in [0.1, 0.15) is 48.1 Å². The summed E-state index contributed by atoms with van der Waals surface area (Å²) in [7, 11) is 0. The van der Waals surface area contributed by atoms with E-state index in [9.17, 15) is 14.7 Å². The first-order valence-electron chi connectivity index (χ1n) is 12.2. The Bertz CT molecular complexity index is 1530. The van der Waals surface area contributed by atoms with E-state index >= 15 is 0 Å². The number of pyridine rings is 1. The quantitative estimate of drug-likeness (QED) is 0.139. The minimum Gasteiger partial charge on any atom is -0.507 e. The lowest BCUT2D eigenvalue weighted by Gasteiger charge is -2.23. The maximum atomic E-state index is 13.5. The molecule has 37 heavy (non-hydrogen) atoms. The molecule has 188 valence electrons. The minimum absolute atomic E-state index is 0.00840. The Labute approximate surface area is 219 Å². The van der Waals surface area contributed by atoms with E-state index in [1.165, 1.54) is 28.6 Å². The lowest BCUT2D eigenvalue weighted by molar-refractivity contribution is -0.132. The summed E-state index contributed by atoms with van der Waals surface area (Å²) >= 11 is 1.35. The maximum absolute atomic E-state index is 13.5. The van der Waals surface area contributed by atoms with Crippen LogP contribution in [0.4, 0.5) is 5.13 Å². The van der Waals surface area contributed by atoms with Crippen molar-refractivity contribution in [3.8, 4) is 5.75 Å². The Kier molecular flexibility index (Phi) is 6.76. The van der Waals surface area contributed by atoms with Gasteiger partial charge in [0.25, 0.3) is 5.78 Å². The first-order chi connectivity index (χ1) is 17.9. The number of carbonyl (C=O) groups excluding carboxylic acids is 2. The Morgan fingerprint density at radius 3 is 2.65 bits per heavy atom. The molecule has 2 aromatic heterocycles. The molecule has 1 unspecified atom stereocenters. The van der Waals surface area contributed by atoms with Gasteiger partial charge in [-0.2, -0.15) is 0 Å². The van der Waals surface area contributed by atoms with Gasteiger partial charge >= 0.3 is 5.91 Å². The highest BCUT2D eigenvalue weighted by molar-refractivity contribution is 7.22. The first kappa shape index (κ1) is 24.6. The molecule has 1 aliphatic heterocycles. The lowest BCUT2D eigenvalue weighted by atomic mass is 9.95. The van der Waals surface area contributed by atoms with Crippen molar-refractivity contribution in [1.82, 2.24) is 9.97 Å². The number of aromatic nitrogens is 2. The van der Waals surface area contributed by atoms with Crippen molar-refractivity contribution in [3.63, 3.8) is 0 Å². The molecule has 0 saturated carbocycles. The van der Waals surface area contributed by atoms with Crippen molar-refractivity contribution in [1.29, 1.82) is 0 Å². The van der Waals surface area contributed by atoms with Gasteiger partial charge in [0.2, 0.25) is 0 Å². The van der Waals surface area contributed by atoms with Crippen LogP contribution < -0.4 is 9.64 Å². The molecule has 1 N–H and O–H groups in total. The van der Waals surface area contributed by atoms with Crippen LogP contribution in [0.2, 0.25) is 0 Å². The van der Waals surface area contributed by atoms with E-state index in [1.54, 1.807) is 12.1 Å². The highest BCUT2D eigenvalue weighted by Crippen LogP contribution is 2.45. The fourth-order valence-corrected chi connectivity index (χ4v) is 5.75. The second-order valence-electron chi connectivity index (χ2n) is 9.10. The molecule has 1 atom stereocenters. The molecular formula is C29H27N3O4S. The Hall–Kier alpha value is -4.04. The molecule has 0 spiro atoms. The molecule has 4 aromatic rings. The number of aliphatic hydroxyl groups is 1. The normalized spacial score (nSPS) is 17.1. The molecule has 0 radical (unpaired) electrons. The van der Waals surface area contributed by atoms with Crippen LogP contribution in [-0.2, 0) is 9.59 Å². The van der Waals surface area contributed by atoms with Gasteiger partial charge in [0.05, 0.1) is 28.4 Å². The Morgan fingerprint density at radius 1 is 1.11 bits per heavy atom. The minimum atomic E-state index is -0.871. The summed E-state index contributed by atoms with van der Waals surface area (Å²) in [6.07, 6.45) is 4.97. The van der Waals surface area contributed by atoms with E-state index in [-0.39, 0.29) is 11.3 Å². The van der Waals surface area contributed by atoms with Crippen LogP contribution in [-0.4, -0.2) is 33.4 Å². The largest absolute Gasteiger partial charge is 0.507 e. The van der Waals surface area contributed by atoms with E-state index in [4.69, 9.17) is 9.72 Å². The second kappa shape index (κ2) is 10.1. The molecule has 0 aliphatic carbocycles. The van der Waals surface area contributed by atoms with Crippen molar-refractivity contribution in [2.75, 3.05) is 11.5 Å². The number of benzene rings is 2. The summed E-state index contributed by atoms with van der Waals surface area (Å²) in [6.45, 7) is 6.64. The zero-order chi connectivity index (χ0) is 26.1. The number of aliphatic hydroxyl groups excluding tert-OH is 1. The van der Waals surface area contributed by atoms with Gasteiger partial charge in [-0.3, -0.25) is 19.5 Å². The Morgan fingerprint density at radius 2 is 1.89 bits per heavy atom. The number of ketones is 1. The van der Waals surface area contributed by atoms with Gasteiger partial charge in [0.15, 0.2) is 5.13 Å². The number of nitrogens with zero attached hydrogens (tertiary/aromatic N) is 3. The standard InChI is InChI=1S/C29H27N3O4S/c1-4-5-13-36-21-8-6-7-20(16-21)25-23(26(33)19-9-11-30-12-10-19)27(34)28(35)32(25)29-31-24-18(3)14-17(2)15-22(24)37-29/h6-12,14-16,25,33H,4-5,13H2,1-3H3/b26-23+. The van der Waals surface area contributed by atoms with Crippen molar-refractivity contribution in [3.05, 3.63) is 88.8 Å². The molecule has 0 bridgehead atoms. The summed E-state index contributed by atoms with van der Waals surface area (Å²) in [5.41, 5.74) is 3.94. The third-order valence-corrected chi connectivity index (χ3v) is 7.36. The van der Waals surface area contributed by atoms with Gasteiger partial charge in [-0.15, -0.1) is 0 Å². The topological polar surface area (TPSA) is 92.6 Å². The number of hydrogen-bond donors (Lipinski definition) is 1. The fraction of sp³-hybridized carbons (Fsp3) is 0.241. The fourth-order valence-electron chi connectivity index (χ4n) is 4.58. The van der Waals surface area contributed by atoms with E-state index in [0.29, 0.717) is 28.6 Å². The number of thiazole rings is 1. The summed E-state index contributed by atoms with van der Waals surface area (Å²) in [5, 5.41) is 11.7. The number of carbonyl (C=O) groups is 2. The maximum Gasteiger partial charge on any atom is 0.301 e. The van der Waals surface area contributed by atoms with Crippen molar-refractivity contribution in [2.24, 2.45) is 0 Å². The number of hydrogen-bond acceptors (Lipinski definition) is 7.